The zero-order chi connectivity index (χ0) is 12.3. The van der Waals surface area contributed by atoms with Gasteiger partial charge in [-0.1, -0.05) is 17.7 Å². The Morgan fingerprint density at radius 1 is 1.53 bits per heavy atom. The predicted molar refractivity (Wildman–Crippen MR) is 65.3 cm³/mol. The van der Waals surface area contributed by atoms with E-state index in [0.29, 0.717) is 17.1 Å². The zero-order valence-electron chi connectivity index (χ0n) is 9.37. The number of aromatic amines is 1. The molecular weight excluding hydrogens is 241 g/mol. The van der Waals surface area contributed by atoms with Gasteiger partial charge in [0.25, 0.3) is 0 Å². The van der Waals surface area contributed by atoms with Crippen LogP contribution in [-0.4, -0.2) is 9.97 Å². The molecule has 1 aromatic heterocycles. The predicted octanol–water partition coefficient (Wildman–Crippen LogP) is 3.05. The molecule has 1 atom stereocenters. The second-order valence-electron chi connectivity index (χ2n) is 3.77. The second kappa shape index (κ2) is 5.29. The van der Waals surface area contributed by atoms with Crippen LogP contribution in [0.1, 0.15) is 24.4 Å². The van der Waals surface area contributed by atoms with Crippen LogP contribution in [0.5, 0.6) is 0 Å². The van der Waals surface area contributed by atoms with Crippen LogP contribution in [0.3, 0.4) is 0 Å². The Kier molecular flexibility index (Phi) is 3.76. The van der Waals surface area contributed by atoms with Crippen molar-refractivity contribution in [2.24, 2.45) is 0 Å². The third-order valence-electron chi connectivity index (χ3n) is 2.56. The van der Waals surface area contributed by atoms with Gasteiger partial charge in [0.1, 0.15) is 11.6 Å². The van der Waals surface area contributed by atoms with Crippen LogP contribution in [-0.2, 0) is 6.54 Å². The minimum Gasteiger partial charge on any atom is -0.348 e. The molecule has 0 saturated carbocycles. The highest BCUT2D eigenvalue weighted by Gasteiger charge is 2.14. The Balaban J connectivity index is 2.07. The van der Waals surface area contributed by atoms with E-state index in [1.807, 2.05) is 6.92 Å². The molecule has 0 fully saturated rings. The van der Waals surface area contributed by atoms with Gasteiger partial charge in [-0.2, -0.15) is 0 Å². The molecule has 0 spiro atoms. The second-order valence-corrected chi connectivity index (χ2v) is 4.18. The normalized spacial score (nSPS) is 12.6. The van der Waals surface area contributed by atoms with E-state index in [-0.39, 0.29) is 11.9 Å². The molecule has 0 bridgehead atoms. The molecule has 0 radical (unpaired) electrons. The summed E-state index contributed by atoms with van der Waals surface area (Å²) in [6.07, 6.45) is 3.43. The molecule has 2 aromatic rings. The minimum atomic E-state index is -0.294. The molecule has 0 aliphatic heterocycles. The summed E-state index contributed by atoms with van der Waals surface area (Å²) in [6, 6.07) is 4.52. The maximum atomic E-state index is 13.6. The number of benzene rings is 1. The number of hydrogen-bond donors (Lipinski definition) is 2. The first-order valence-corrected chi connectivity index (χ1v) is 5.72. The lowest BCUT2D eigenvalue weighted by atomic mass is 10.1. The standard InChI is InChI=1S/C12H13ClFN3/c1-8(17-7-11-15-5-6-16-11)12-9(13)3-2-4-10(12)14/h2-6,8,17H,7H2,1H3,(H,15,16). The third-order valence-corrected chi connectivity index (χ3v) is 2.89. The number of nitrogens with zero attached hydrogens (tertiary/aromatic N) is 1. The molecule has 0 aliphatic carbocycles. The van der Waals surface area contributed by atoms with Crippen molar-refractivity contribution in [3.05, 3.63) is 52.8 Å². The molecule has 1 heterocycles. The largest absolute Gasteiger partial charge is 0.348 e. The van der Waals surface area contributed by atoms with Crippen molar-refractivity contribution >= 4 is 11.6 Å². The van der Waals surface area contributed by atoms with Crippen LogP contribution in [0.4, 0.5) is 4.39 Å². The van der Waals surface area contributed by atoms with E-state index in [9.17, 15) is 4.39 Å². The highest BCUT2D eigenvalue weighted by atomic mass is 35.5. The fourth-order valence-corrected chi connectivity index (χ4v) is 2.00. The van der Waals surface area contributed by atoms with Crippen LogP contribution in [0.25, 0.3) is 0 Å². The average molecular weight is 254 g/mol. The summed E-state index contributed by atoms with van der Waals surface area (Å²) in [7, 11) is 0. The van der Waals surface area contributed by atoms with Gasteiger partial charge in [-0.15, -0.1) is 0 Å². The van der Waals surface area contributed by atoms with Crippen molar-refractivity contribution in [1.82, 2.24) is 15.3 Å². The van der Waals surface area contributed by atoms with Crippen molar-refractivity contribution < 1.29 is 4.39 Å². The van der Waals surface area contributed by atoms with Gasteiger partial charge in [0.15, 0.2) is 0 Å². The van der Waals surface area contributed by atoms with Crippen molar-refractivity contribution in [3.63, 3.8) is 0 Å². The molecule has 5 heteroatoms. The topological polar surface area (TPSA) is 40.7 Å². The van der Waals surface area contributed by atoms with E-state index in [1.54, 1.807) is 24.5 Å². The van der Waals surface area contributed by atoms with E-state index >= 15 is 0 Å². The Hall–Kier alpha value is -1.39. The molecule has 1 unspecified atom stereocenters. The lowest BCUT2D eigenvalue weighted by molar-refractivity contribution is 0.521. The van der Waals surface area contributed by atoms with Crippen LogP contribution in [0, 0.1) is 5.82 Å². The maximum absolute atomic E-state index is 13.6. The molecule has 2 rings (SSSR count). The number of aromatic nitrogens is 2. The van der Waals surface area contributed by atoms with Crippen molar-refractivity contribution in [2.75, 3.05) is 0 Å². The Morgan fingerprint density at radius 3 is 3.00 bits per heavy atom. The molecular formula is C12H13ClFN3. The molecule has 0 saturated heterocycles. The van der Waals surface area contributed by atoms with Gasteiger partial charge in [-0.3, -0.25) is 0 Å². The minimum absolute atomic E-state index is 0.172. The van der Waals surface area contributed by atoms with Crippen molar-refractivity contribution in [2.45, 2.75) is 19.5 Å². The van der Waals surface area contributed by atoms with E-state index in [1.165, 1.54) is 6.07 Å². The Bertz CT molecular complexity index is 464. The fraction of sp³-hybridized carbons (Fsp3) is 0.250. The third kappa shape index (κ3) is 2.84. The number of H-pyrrole nitrogens is 1. The van der Waals surface area contributed by atoms with E-state index in [4.69, 9.17) is 11.6 Å². The summed E-state index contributed by atoms with van der Waals surface area (Å²) in [5.41, 5.74) is 0.487. The fourth-order valence-electron chi connectivity index (χ4n) is 1.67. The summed E-state index contributed by atoms with van der Waals surface area (Å²) >= 11 is 5.98. The van der Waals surface area contributed by atoms with Gasteiger partial charge in [0.05, 0.1) is 6.54 Å². The molecule has 0 amide bonds. The molecule has 17 heavy (non-hydrogen) atoms. The molecule has 1 aromatic carbocycles. The van der Waals surface area contributed by atoms with Crippen LogP contribution in [0.2, 0.25) is 5.02 Å². The van der Waals surface area contributed by atoms with Crippen LogP contribution < -0.4 is 5.32 Å². The van der Waals surface area contributed by atoms with Gasteiger partial charge in [0.2, 0.25) is 0 Å². The Labute approximate surface area is 104 Å². The summed E-state index contributed by atoms with van der Waals surface area (Å²) in [6.45, 7) is 2.41. The van der Waals surface area contributed by atoms with Gasteiger partial charge in [-0.05, 0) is 19.1 Å². The van der Waals surface area contributed by atoms with E-state index in [0.717, 1.165) is 5.82 Å². The van der Waals surface area contributed by atoms with E-state index < -0.39 is 0 Å². The summed E-state index contributed by atoms with van der Waals surface area (Å²) in [4.78, 5) is 7.05. The highest BCUT2D eigenvalue weighted by molar-refractivity contribution is 6.31. The molecule has 3 nitrogen and oxygen atoms in total. The van der Waals surface area contributed by atoms with Gasteiger partial charge < -0.3 is 10.3 Å². The van der Waals surface area contributed by atoms with Crippen LogP contribution in [0.15, 0.2) is 30.6 Å². The summed E-state index contributed by atoms with van der Waals surface area (Å²) in [5, 5.41) is 3.60. The maximum Gasteiger partial charge on any atom is 0.129 e. The van der Waals surface area contributed by atoms with Crippen molar-refractivity contribution in [3.8, 4) is 0 Å². The van der Waals surface area contributed by atoms with Gasteiger partial charge in [0, 0.05) is 29.0 Å². The smallest absolute Gasteiger partial charge is 0.129 e. The van der Waals surface area contributed by atoms with Gasteiger partial charge >= 0.3 is 0 Å². The lowest BCUT2D eigenvalue weighted by Crippen LogP contribution is -2.20. The van der Waals surface area contributed by atoms with Gasteiger partial charge in [-0.25, -0.2) is 9.37 Å². The summed E-state index contributed by atoms with van der Waals surface area (Å²) < 4.78 is 13.6. The van der Waals surface area contributed by atoms with Crippen molar-refractivity contribution in [1.29, 1.82) is 0 Å². The molecule has 90 valence electrons. The zero-order valence-corrected chi connectivity index (χ0v) is 10.1. The number of rotatable bonds is 4. The SMILES string of the molecule is CC(NCc1ncc[nH]1)c1c(F)cccc1Cl. The number of halogens is 2. The van der Waals surface area contributed by atoms with Crippen LogP contribution >= 0.6 is 11.6 Å². The quantitative estimate of drug-likeness (QED) is 0.879. The lowest BCUT2D eigenvalue weighted by Gasteiger charge is -2.15. The summed E-state index contributed by atoms with van der Waals surface area (Å²) in [5.74, 6) is 0.515. The Morgan fingerprint density at radius 2 is 2.35 bits per heavy atom. The number of nitrogens with one attached hydrogen (secondary N) is 2. The molecule has 0 aliphatic rings. The first kappa shape index (κ1) is 12.1. The number of hydrogen-bond acceptors (Lipinski definition) is 2. The first-order chi connectivity index (χ1) is 8.18. The highest BCUT2D eigenvalue weighted by Crippen LogP contribution is 2.25. The van der Waals surface area contributed by atoms with E-state index in [2.05, 4.69) is 15.3 Å². The average Bonchev–Trinajstić information content (AvgIpc) is 2.79. The molecule has 2 N–H and O–H groups in total. The monoisotopic (exact) mass is 253 g/mol. The number of imidazole rings is 1. The first-order valence-electron chi connectivity index (χ1n) is 5.34.